The van der Waals surface area contributed by atoms with Crippen LogP contribution in [-0.4, -0.2) is 74.9 Å². The number of ether oxygens (including phenoxy) is 2. The summed E-state index contributed by atoms with van der Waals surface area (Å²) in [6, 6.07) is 0.573. The van der Waals surface area contributed by atoms with Crippen molar-refractivity contribution >= 4 is 5.91 Å². The summed E-state index contributed by atoms with van der Waals surface area (Å²) in [6.45, 7) is 6.64. The first-order valence-corrected chi connectivity index (χ1v) is 9.85. The molecule has 0 aromatic carbocycles. The number of nitrogens with zero attached hydrogens (tertiary/aromatic N) is 2. The SMILES string of the molecule is COC[C@H]1CN(CC2CC2)C(=O)[C@@H]2CCN([C@@H]3CCOC3)CC[C@H]12. The molecule has 0 bridgehead atoms. The molecule has 4 fully saturated rings. The van der Waals surface area contributed by atoms with Crippen molar-refractivity contribution in [3.8, 4) is 0 Å². The number of likely N-dealkylation sites (tertiary alicyclic amines) is 2. The van der Waals surface area contributed by atoms with Crippen LogP contribution in [-0.2, 0) is 14.3 Å². The molecule has 4 aliphatic rings. The predicted octanol–water partition coefficient (Wildman–Crippen LogP) is 1.62. The molecule has 1 saturated carbocycles. The van der Waals surface area contributed by atoms with Gasteiger partial charge in [-0.3, -0.25) is 9.69 Å². The van der Waals surface area contributed by atoms with Crippen molar-refractivity contribution in [1.29, 1.82) is 0 Å². The number of amides is 1. The first-order valence-electron chi connectivity index (χ1n) is 9.85. The largest absolute Gasteiger partial charge is 0.384 e. The number of piperidine rings is 1. The van der Waals surface area contributed by atoms with E-state index in [-0.39, 0.29) is 5.92 Å². The maximum Gasteiger partial charge on any atom is 0.226 e. The minimum absolute atomic E-state index is 0.213. The Balaban J connectivity index is 1.46. The van der Waals surface area contributed by atoms with Crippen LogP contribution in [0.3, 0.4) is 0 Å². The highest BCUT2D eigenvalue weighted by molar-refractivity contribution is 5.80. The highest BCUT2D eigenvalue weighted by Crippen LogP contribution is 2.39. The summed E-state index contributed by atoms with van der Waals surface area (Å²) in [4.78, 5) is 17.9. The lowest BCUT2D eigenvalue weighted by molar-refractivity contribution is -0.146. The van der Waals surface area contributed by atoms with Crippen LogP contribution in [0.1, 0.15) is 32.1 Å². The molecule has 0 spiro atoms. The molecule has 3 aliphatic heterocycles. The van der Waals surface area contributed by atoms with E-state index in [1.807, 2.05) is 0 Å². The average molecular weight is 336 g/mol. The van der Waals surface area contributed by atoms with Crippen LogP contribution in [0.4, 0.5) is 0 Å². The van der Waals surface area contributed by atoms with Gasteiger partial charge in [0.25, 0.3) is 0 Å². The molecule has 0 aromatic rings. The maximum atomic E-state index is 13.1. The summed E-state index contributed by atoms with van der Waals surface area (Å²) in [7, 11) is 1.80. The third-order valence-electron chi connectivity index (χ3n) is 6.66. The van der Waals surface area contributed by atoms with E-state index in [1.165, 1.54) is 12.8 Å². The van der Waals surface area contributed by atoms with E-state index in [2.05, 4.69) is 9.80 Å². The quantitative estimate of drug-likeness (QED) is 0.765. The zero-order valence-corrected chi connectivity index (χ0v) is 15.0. The lowest BCUT2D eigenvalue weighted by atomic mass is 9.74. The number of carbonyl (C=O) groups is 1. The van der Waals surface area contributed by atoms with E-state index < -0.39 is 0 Å². The monoisotopic (exact) mass is 336 g/mol. The van der Waals surface area contributed by atoms with Gasteiger partial charge < -0.3 is 14.4 Å². The maximum absolute atomic E-state index is 13.1. The van der Waals surface area contributed by atoms with Gasteiger partial charge in [0.1, 0.15) is 0 Å². The molecule has 0 unspecified atom stereocenters. The highest BCUT2D eigenvalue weighted by Gasteiger charge is 2.45. The molecule has 5 heteroatoms. The predicted molar refractivity (Wildman–Crippen MR) is 91.7 cm³/mol. The van der Waals surface area contributed by atoms with Crippen molar-refractivity contribution in [1.82, 2.24) is 9.80 Å². The summed E-state index contributed by atoms with van der Waals surface area (Å²) < 4.78 is 11.1. The zero-order chi connectivity index (χ0) is 16.5. The van der Waals surface area contributed by atoms with Crippen LogP contribution in [0.5, 0.6) is 0 Å². The number of hydrogen-bond acceptors (Lipinski definition) is 4. The summed E-state index contributed by atoms with van der Waals surface area (Å²) in [6.07, 6.45) is 5.92. The zero-order valence-electron chi connectivity index (χ0n) is 15.0. The number of methoxy groups -OCH3 is 1. The molecule has 0 aromatic heterocycles. The molecule has 24 heavy (non-hydrogen) atoms. The van der Waals surface area contributed by atoms with Crippen LogP contribution in [0.25, 0.3) is 0 Å². The standard InChI is InChI=1S/C19H32N2O3/c1-23-12-15-11-21(10-14-2-3-14)19(22)18-5-8-20(7-4-17(15)18)16-6-9-24-13-16/h14-18H,2-13H2,1H3/t15-,16-,17-,18-/m1/s1. The molecule has 1 aliphatic carbocycles. The fraction of sp³-hybridized carbons (Fsp3) is 0.947. The number of carbonyl (C=O) groups excluding carboxylic acids is 1. The van der Waals surface area contributed by atoms with Gasteiger partial charge in [-0.2, -0.15) is 0 Å². The Morgan fingerprint density at radius 1 is 1.17 bits per heavy atom. The summed E-state index contributed by atoms with van der Waals surface area (Å²) >= 11 is 0. The van der Waals surface area contributed by atoms with Crippen molar-refractivity contribution < 1.29 is 14.3 Å². The third kappa shape index (κ3) is 3.49. The average Bonchev–Trinajstić information content (AvgIpc) is 3.29. The molecular weight excluding hydrogens is 304 g/mol. The lowest BCUT2D eigenvalue weighted by Crippen LogP contribution is -2.52. The molecule has 136 valence electrons. The Hall–Kier alpha value is -0.650. The Morgan fingerprint density at radius 3 is 2.71 bits per heavy atom. The molecule has 4 rings (SSSR count). The molecule has 5 nitrogen and oxygen atoms in total. The summed E-state index contributed by atoms with van der Waals surface area (Å²) in [5, 5.41) is 0. The van der Waals surface area contributed by atoms with Crippen molar-refractivity contribution in [2.75, 3.05) is 53.1 Å². The highest BCUT2D eigenvalue weighted by atomic mass is 16.5. The van der Waals surface area contributed by atoms with Crippen molar-refractivity contribution in [2.45, 2.75) is 38.1 Å². The molecule has 0 radical (unpaired) electrons. The first-order chi connectivity index (χ1) is 11.8. The van der Waals surface area contributed by atoms with Gasteiger partial charge in [0.2, 0.25) is 5.91 Å². The van der Waals surface area contributed by atoms with Gasteiger partial charge in [-0.1, -0.05) is 0 Å². The van der Waals surface area contributed by atoms with E-state index in [9.17, 15) is 4.79 Å². The normalized spacial score (nSPS) is 38.2. The van der Waals surface area contributed by atoms with Gasteiger partial charge in [-0.15, -0.1) is 0 Å². The summed E-state index contributed by atoms with van der Waals surface area (Å²) in [5.41, 5.74) is 0. The topological polar surface area (TPSA) is 42.0 Å². The van der Waals surface area contributed by atoms with Gasteiger partial charge in [0.05, 0.1) is 13.2 Å². The Bertz CT molecular complexity index is 448. The molecule has 4 atom stereocenters. The van der Waals surface area contributed by atoms with E-state index in [1.54, 1.807) is 7.11 Å². The number of hydrogen-bond donors (Lipinski definition) is 0. The fourth-order valence-electron chi connectivity index (χ4n) is 5.10. The Morgan fingerprint density at radius 2 is 2.00 bits per heavy atom. The Labute approximate surface area is 145 Å². The molecule has 3 heterocycles. The van der Waals surface area contributed by atoms with E-state index in [0.29, 0.717) is 23.8 Å². The number of fused-ring (bicyclic) bond motifs is 1. The van der Waals surface area contributed by atoms with E-state index in [0.717, 1.165) is 71.2 Å². The van der Waals surface area contributed by atoms with Gasteiger partial charge in [-0.05, 0) is 57.0 Å². The Kier molecular flexibility index (Phi) is 5.11. The smallest absolute Gasteiger partial charge is 0.226 e. The van der Waals surface area contributed by atoms with Crippen LogP contribution < -0.4 is 0 Å². The van der Waals surface area contributed by atoms with Gasteiger partial charge >= 0.3 is 0 Å². The van der Waals surface area contributed by atoms with Crippen LogP contribution >= 0.6 is 0 Å². The van der Waals surface area contributed by atoms with Gasteiger partial charge in [-0.25, -0.2) is 0 Å². The molecular formula is C19H32N2O3. The molecule has 1 amide bonds. The van der Waals surface area contributed by atoms with Crippen molar-refractivity contribution in [2.24, 2.45) is 23.7 Å². The molecule has 3 saturated heterocycles. The second kappa shape index (κ2) is 7.30. The first kappa shape index (κ1) is 16.8. The second-order valence-corrected chi connectivity index (χ2v) is 8.30. The van der Waals surface area contributed by atoms with E-state index >= 15 is 0 Å². The fourth-order valence-corrected chi connectivity index (χ4v) is 5.10. The van der Waals surface area contributed by atoms with Crippen LogP contribution in [0.2, 0.25) is 0 Å². The minimum Gasteiger partial charge on any atom is -0.384 e. The van der Waals surface area contributed by atoms with E-state index in [4.69, 9.17) is 9.47 Å². The van der Waals surface area contributed by atoms with Crippen LogP contribution in [0, 0.1) is 23.7 Å². The third-order valence-corrected chi connectivity index (χ3v) is 6.66. The van der Waals surface area contributed by atoms with Gasteiger partial charge in [0, 0.05) is 44.7 Å². The van der Waals surface area contributed by atoms with Crippen molar-refractivity contribution in [3.05, 3.63) is 0 Å². The van der Waals surface area contributed by atoms with Gasteiger partial charge in [0.15, 0.2) is 0 Å². The number of rotatable bonds is 5. The summed E-state index contributed by atoms with van der Waals surface area (Å²) in [5.74, 6) is 2.43. The molecule has 0 N–H and O–H groups in total. The van der Waals surface area contributed by atoms with Crippen LogP contribution in [0.15, 0.2) is 0 Å². The second-order valence-electron chi connectivity index (χ2n) is 8.30. The van der Waals surface area contributed by atoms with Crippen molar-refractivity contribution in [3.63, 3.8) is 0 Å². The lowest BCUT2D eigenvalue weighted by Gasteiger charge is -2.42. The minimum atomic E-state index is 0.213.